The van der Waals surface area contributed by atoms with Crippen molar-refractivity contribution in [3.05, 3.63) is 30.0 Å². The Hall–Kier alpha value is -2.75. The summed E-state index contributed by atoms with van der Waals surface area (Å²) in [7, 11) is 1.85. The fourth-order valence-electron chi connectivity index (χ4n) is 4.59. The molecule has 2 aliphatic heterocycles. The summed E-state index contributed by atoms with van der Waals surface area (Å²) in [5.41, 5.74) is 10.5. The van der Waals surface area contributed by atoms with E-state index in [2.05, 4.69) is 32.7 Å². The van der Waals surface area contributed by atoms with Gasteiger partial charge in [0, 0.05) is 37.3 Å². The predicted molar refractivity (Wildman–Crippen MR) is 125 cm³/mol. The molecule has 2 aliphatic rings. The standard InChI is InChI=1S/C23H31N7O2/c1-3-29-10-8-16(9-11-29)19-20-21(32-28-19)23(30-12-14-31-15-13-30)26-22(25-20)17-4-6-18(7-5-17)27-24-2/h4-7,16,24,27H,3,8-15H2,1-2H3. The fourth-order valence-corrected chi connectivity index (χ4v) is 4.59. The van der Waals surface area contributed by atoms with Crippen molar-refractivity contribution >= 4 is 22.6 Å². The minimum Gasteiger partial charge on any atom is -0.378 e. The van der Waals surface area contributed by atoms with Crippen LogP contribution < -0.4 is 15.8 Å². The van der Waals surface area contributed by atoms with Crippen LogP contribution in [0.4, 0.5) is 11.5 Å². The van der Waals surface area contributed by atoms with E-state index in [1.54, 1.807) is 0 Å². The SMILES string of the molecule is CCN1CCC(c2noc3c(N4CCOCC4)nc(-c4ccc(NNC)cc4)nc23)CC1. The van der Waals surface area contributed by atoms with Gasteiger partial charge in [-0.15, -0.1) is 0 Å². The number of hydrogen-bond acceptors (Lipinski definition) is 9. The van der Waals surface area contributed by atoms with Crippen LogP contribution in [0.25, 0.3) is 22.5 Å². The number of ether oxygens (including phenoxy) is 1. The van der Waals surface area contributed by atoms with Crippen LogP contribution >= 0.6 is 0 Å². The van der Waals surface area contributed by atoms with Gasteiger partial charge in [-0.25, -0.2) is 15.4 Å². The number of piperidine rings is 1. The first-order chi connectivity index (χ1) is 15.8. The summed E-state index contributed by atoms with van der Waals surface area (Å²) in [6.07, 6.45) is 2.15. The van der Waals surface area contributed by atoms with Gasteiger partial charge in [0.2, 0.25) is 5.58 Å². The van der Waals surface area contributed by atoms with E-state index in [1.165, 1.54) is 0 Å². The van der Waals surface area contributed by atoms with E-state index >= 15 is 0 Å². The lowest BCUT2D eigenvalue weighted by atomic mass is 9.93. The third-order valence-corrected chi connectivity index (χ3v) is 6.47. The van der Waals surface area contributed by atoms with Crippen molar-refractivity contribution in [1.29, 1.82) is 0 Å². The third kappa shape index (κ3) is 4.15. The van der Waals surface area contributed by atoms with Crippen LogP contribution in [0.2, 0.25) is 0 Å². The Kier molecular flexibility index (Phi) is 6.20. The number of likely N-dealkylation sites (tertiary alicyclic amines) is 1. The average Bonchev–Trinajstić information content (AvgIpc) is 3.29. The molecule has 0 atom stereocenters. The third-order valence-electron chi connectivity index (χ3n) is 6.47. The first kappa shape index (κ1) is 21.1. The molecule has 0 radical (unpaired) electrons. The number of hydrogen-bond donors (Lipinski definition) is 2. The highest BCUT2D eigenvalue weighted by atomic mass is 16.5. The van der Waals surface area contributed by atoms with Crippen molar-refractivity contribution in [2.75, 3.05) is 63.3 Å². The number of benzene rings is 1. The molecule has 32 heavy (non-hydrogen) atoms. The van der Waals surface area contributed by atoms with Gasteiger partial charge < -0.3 is 24.5 Å². The van der Waals surface area contributed by atoms with Crippen LogP contribution in [0, 0.1) is 0 Å². The zero-order valence-corrected chi connectivity index (χ0v) is 18.8. The molecule has 2 saturated heterocycles. The van der Waals surface area contributed by atoms with Crippen molar-refractivity contribution in [3.8, 4) is 11.4 Å². The second-order valence-electron chi connectivity index (χ2n) is 8.38. The molecule has 4 heterocycles. The lowest BCUT2D eigenvalue weighted by molar-refractivity contribution is 0.122. The predicted octanol–water partition coefficient (Wildman–Crippen LogP) is 2.87. The fraction of sp³-hybridized carbons (Fsp3) is 0.522. The van der Waals surface area contributed by atoms with Crippen molar-refractivity contribution in [1.82, 2.24) is 25.5 Å². The zero-order valence-electron chi connectivity index (χ0n) is 18.8. The molecular weight excluding hydrogens is 406 g/mol. The Labute approximate surface area is 188 Å². The minimum atomic E-state index is 0.363. The van der Waals surface area contributed by atoms with Crippen molar-refractivity contribution in [2.24, 2.45) is 0 Å². The van der Waals surface area contributed by atoms with Gasteiger partial charge in [-0.3, -0.25) is 0 Å². The van der Waals surface area contributed by atoms with Crippen LogP contribution in [0.15, 0.2) is 28.8 Å². The molecule has 2 N–H and O–H groups in total. The molecule has 0 bridgehead atoms. The van der Waals surface area contributed by atoms with Gasteiger partial charge in [-0.2, -0.15) is 0 Å². The van der Waals surface area contributed by atoms with E-state index in [1.807, 2.05) is 31.3 Å². The molecule has 5 rings (SSSR count). The van der Waals surface area contributed by atoms with E-state index in [0.717, 1.165) is 73.8 Å². The summed E-state index contributed by atoms with van der Waals surface area (Å²) in [4.78, 5) is 14.6. The zero-order chi connectivity index (χ0) is 21.9. The highest BCUT2D eigenvalue weighted by Gasteiger charge is 2.29. The Morgan fingerprint density at radius 2 is 1.78 bits per heavy atom. The summed E-state index contributed by atoms with van der Waals surface area (Å²) in [6.45, 7) is 8.41. The number of aromatic nitrogens is 3. The van der Waals surface area contributed by atoms with E-state index in [9.17, 15) is 0 Å². The topological polar surface area (TPSA) is 91.6 Å². The first-order valence-corrected chi connectivity index (χ1v) is 11.5. The maximum atomic E-state index is 5.89. The quantitative estimate of drug-likeness (QED) is 0.565. The molecule has 0 saturated carbocycles. The maximum absolute atomic E-state index is 5.89. The molecule has 9 heteroatoms. The second kappa shape index (κ2) is 9.40. The number of anilines is 2. The highest BCUT2D eigenvalue weighted by Crippen LogP contribution is 2.36. The van der Waals surface area contributed by atoms with Crippen LogP contribution in [0.3, 0.4) is 0 Å². The smallest absolute Gasteiger partial charge is 0.227 e. The van der Waals surface area contributed by atoms with Gasteiger partial charge in [-0.05, 0) is 56.7 Å². The number of hydrazine groups is 1. The van der Waals surface area contributed by atoms with Gasteiger partial charge in [0.25, 0.3) is 0 Å². The number of morpholine rings is 1. The molecule has 0 unspecified atom stereocenters. The van der Waals surface area contributed by atoms with Crippen LogP contribution in [0.1, 0.15) is 31.4 Å². The molecule has 1 aromatic carbocycles. The van der Waals surface area contributed by atoms with Gasteiger partial charge in [0.05, 0.1) is 13.2 Å². The van der Waals surface area contributed by atoms with Crippen LogP contribution in [-0.4, -0.2) is 73.0 Å². The molecule has 9 nitrogen and oxygen atoms in total. The average molecular weight is 438 g/mol. The van der Waals surface area contributed by atoms with Crippen molar-refractivity contribution in [2.45, 2.75) is 25.7 Å². The van der Waals surface area contributed by atoms with Crippen molar-refractivity contribution in [3.63, 3.8) is 0 Å². The number of rotatable bonds is 6. The largest absolute Gasteiger partial charge is 0.378 e. The summed E-state index contributed by atoms with van der Waals surface area (Å²) in [5.74, 6) is 1.88. The van der Waals surface area contributed by atoms with Crippen LogP contribution in [-0.2, 0) is 4.74 Å². The second-order valence-corrected chi connectivity index (χ2v) is 8.38. The summed E-state index contributed by atoms with van der Waals surface area (Å²) >= 11 is 0. The molecule has 0 aliphatic carbocycles. The summed E-state index contributed by atoms with van der Waals surface area (Å²) in [6, 6.07) is 8.11. The number of nitrogens with zero attached hydrogens (tertiary/aromatic N) is 5. The van der Waals surface area contributed by atoms with Gasteiger partial charge in [-0.1, -0.05) is 12.1 Å². The summed E-state index contributed by atoms with van der Waals surface area (Å²) in [5, 5.41) is 4.53. The lowest BCUT2D eigenvalue weighted by Crippen LogP contribution is -2.37. The molecule has 0 spiro atoms. The van der Waals surface area contributed by atoms with E-state index in [4.69, 9.17) is 19.2 Å². The van der Waals surface area contributed by atoms with Gasteiger partial charge in [0.15, 0.2) is 11.6 Å². The molecule has 2 fully saturated rings. The van der Waals surface area contributed by atoms with E-state index < -0.39 is 0 Å². The first-order valence-electron chi connectivity index (χ1n) is 11.5. The normalized spacial score (nSPS) is 18.4. The summed E-state index contributed by atoms with van der Waals surface area (Å²) < 4.78 is 11.4. The molecule has 3 aromatic rings. The molecule has 2 aromatic heterocycles. The molecule has 170 valence electrons. The molecule has 0 amide bonds. The highest BCUT2D eigenvalue weighted by molar-refractivity contribution is 5.88. The lowest BCUT2D eigenvalue weighted by Gasteiger charge is -2.30. The van der Waals surface area contributed by atoms with Gasteiger partial charge in [0.1, 0.15) is 11.2 Å². The minimum absolute atomic E-state index is 0.363. The van der Waals surface area contributed by atoms with Gasteiger partial charge >= 0.3 is 0 Å². The monoisotopic (exact) mass is 437 g/mol. The van der Waals surface area contributed by atoms with E-state index in [-0.39, 0.29) is 0 Å². The Morgan fingerprint density at radius 1 is 1.03 bits per heavy atom. The Bertz CT molecular complexity index is 1040. The van der Waals surface area contributed by atoms with Crippen LogP contribution in [0.5, 0.6) is 0 Å². The maximum Gasteiger partial charge on any atom is 0.227 e. The number of nitrogens with one attached hydrogen (secondary N) is 2. The molecular formula is C23H31N7O2. The Morgan fingerprint density at radius 3 is 2.47 bits per heavy atom. The number of fused-ring (bicyclic) bond motifs is 1. The Balaban J connectivity index is 1.56. The van der Waals surface area contributed by atoms with Crippen molar-refractivity contribution < 1.29 is 9.26 Å². The van der Waals surface area contributed by atoms with E-state index in [0.29, 0.717) is 30.5 Å².